The van der Waals surface area contributed by atoms with Crippen LogP contribution in [0.1, 0.15) is 25.5 Å². The Kier molecular flexibility index (Phi) is 4.10. The normalized spacial score (nSPS) is 15.4. The summed E-state index contributed by atoms with van der Waals surface area (Å²) < 4.78 is 6.88. The number of nitrogens with zero attached hydrogens (tertiary/aromatic N) is 2. The average molecular weight is 197 g/mol. The van der Waals surface area contributed by atoms with Gasteiger partial charge in [0, 0.05) is 38.0 Å². The minimum absolute atomic E-state index is 0.314. The first-order valence-corrected chi connectivity index (χ1v) is 4.87. The van der Waals surface area contributed by atoms with Crippen LogP contribution in [-0.2, 0) is 11.8 Å². The SMILES string of the molecule is COCC(C)NC(C)c1cnn(C)c1. The van der Waals surface area contributed by atoms with Crippen LogP contribution in [0, 0.1) is 0 Å². The molecule has 2 atom stereocenters. The van der Waals surface area contributed by atoms with E-state index in [1.54, 1.807) is 7.11 Å². The van der Waals surface area contributed by atoms with Gasteiger partial charge in [-0.3, -0.25) is 4.68 Å². The summed E-state index contributed by atoms with van der Waals surface area (Å²) >= 11 is 0. The second-order valence-corrected chi connectivity index (χ2v) is 3.69. The number of hydrogen-bond donors (Lipinski definition) is 1. The van der Waals surface area contributed by atoms with Crippen molar-refractivity contribution in [2.24, 2.45) is 7.05 Å². The van der Waals surface area contributed by atoms with Crippen LogP contribution >= 0.6 is 0 Å². The highest BCUT2D eigenvalue weighted by Crippen LogP contribution is 2.10. The molecule has 1 rings (SSSR count). The van der Waals surface area contributed by atoms with Gasteiger partial charge in [0.15, 0.2) is 0 Å². The zero-order chi connectivity index (χ0) is 10.6. The lowest BCUT2D eigenvalue weighted by atomic mass is 10.1. The molecule has 0 saturated carbocycles. The molecule has 0 aliphatic rings. The molecule has 0 aliphatic heterocycles. The Morgan fingerprint density at radius 3 is 2.79 bits per heavy atom. The zero-order valence-corrected chi connectivity index (χ0v) is 9.32. The molecule has 0 spiro atoms. The lowest BCUT2D eigenvalue weighted by Crippen LogP contribution is -2.32. The summed E-state index contributed by atoms with van der Waals surface area (Å²) in [6.45, 7) is 4.96. The maximum absolute atomic E-state index is 5.06. The standard InChI is InChI=1S/C10H19N3O/c1-8(7-14-4)12-9(2)10-5-11-13(3)6-10/h5-6,8-9,12H,7H2,1-4H3. The monoisotopic (exact) mass is 197 g/mol. The number of aryl methyl sites for hydroxylation is 1. The van der Waals surface area contributed by atoms with Crippen LogP contribution in [0.3, 0.4) is 0 Å². The van der Waals surface area contributed by atoms with Crippen molar-refractivity contribution in [2.45, 2.75) is 25.9 Å². The molecule has 0 radical (unpaired) electrons. The van der Waals surface area contributed by atoms with Crippen LogP contribution in [0.4, 0.5) is 0 Å². The lowest BCUT2D eigenvalue weighted by Gasteiger charge is -2.18. The highest BCUT2D eigenvalue weighted by molar-refractivity contribution is 5.09. The van der Waals surface area contributed by atoms with E-state index in [-0.39, 0.29) is 0 Å². The Morgan fingerprint density at radius 1 is 1.57 bits per heavy atom. The summed E-state index contributed by atoms with van der Waals surface area (Å²) in [6.07, 6.45) is 3.91. The van der Waals surface area contributed by atoms with E-state index in [1.165, 1.54) is 5.56 Å². The van der Waals surface area contributed by atoms with Crippen LogP contribution in [-0.4, -0.2) is 29.5 Å². The van der Waals surface area contributed by atoms with E-state index in [1.807, 2.05) is 24.1 Å². The first-order valence-electron chi connectivity index (χ1n) is 4.87. The molecule has 2 unspecified atom stereocenters. The molecule has 14 heavy (non-hydrogen) atoms. The Labute approximate surface area is 85.3 Å². The fourth-order valence-corrected chi connectivity index (χ4v) is 1.48. The molecular weight excluding hydrogens is 178 g/mol. The topological polar surface area (TPSA) is 39.1 Å². The highest BCUT2D eigenvalue weighted by atomic mass is 16.5. The molecule has 0 aliphatic carbocycles. The van der Waals surface area contributed by atoms with E-state index in [0.29, 0.717) is 12.1 Å². The van der Waals surface area contributed by atoms with Crippen LogP contribution in [0.2, 0.25) is 0 Å². The first-order chi connectivity index (χ1) is 6.63. The van der Waals surface area contributed by atoms with Crippen molar-refractivity contribution in [3.63, 3.8) is 0 Å². The minimum Gasteiger partial charge on any atom is -0.383 e. The van der Waals surface area contributed by atoms with Gasteiger partial charge in [-0.25, -0.2) is 0 Å². The largest absolute Gasteiger partial charge is 0.383 e. The summed E-state index contributed by atoms with van der Waals surface area (Å²) in [5, 5.41) is 7.57. The summed E-state index contributed by atoms with van der Waals surface area (Å²) in [5.74, 6) is 0. The predicted molar refractivity (Wildman–Crippen MR) is 56.1 cm³/mol. The Hall–Kier alpha value is -0.870. The van der Waals surface area contributed by atoms with Gasteiger partial charge in [0.1, 0.15) is 0 Å². The quantitative estimate of drug-likeness (QED) is 0.768. The number of rotatable bonds is 5. The summed E-state index contributed by atoms with van der Waals surface area (Å²) in [7, 11) is 3.64. The van der Waals surface area contributed by atoms with E-state index in [9.17, 15) is 0 Å². The predicted octanol–water partition coefficient (Wildman–Crippen LogP) is 1.11. The van der Waals surface area contributed by atoms with Crippen molar-refractivity contribution in [2.75, 3.05) is 13.7 Å². The van der Waals surface area contributed by atoms with Crippen LogP contribution in [0.25, 0.3) is 0 Å². The third kappa shape index (κ3) is 3.12. The van der Waals surface area contributed by atoms with Gasteiger partial charge in [0.25, 0.3) is 0 Å². The van der Waals surface area contributed by atoms with Gasteiger partial charge in [0.05, 0.1) is 12.8 Å². The molecule has 0 fully saturated rings. The first kappa shape index (κ1) is 11.2. The number of hydrogen-bond acceptors (Lipinski definition) is 3. The van der Waals surface area contributed by atoms with Crippen molar-refractivity contribution >= 4 is 0 Å². The summed E-state index contributed by atoms with van der Waals surface area (Å²) in [4.78, 5) is 0. The maximum atomic E-state index is 5.06. The number of ether oxygens (including phenoxy) is 1. The molecule has 80 valence electrons. The zero-order valence-electron chi connectivity index (χ0n) is 9.32. The van der Waals surface area contributed by atoms with E-state index in [0.717, 1.165) is 6.61 Å². The second-order valence-electron chi connectivity index (χ2n) is 3.69. The molecular formula is C10H19N3O. The minimum atomic E-state index is 0.314. The van der Waals surface area contributed by atoms with Gasteiger partial charge in [0.2, 0.25) is 0 Å². The smallest absolute Gasteiger partial charge is 0.0613 e. The molecule has 0 bridgehead atoms. The van der Waals surface area contributed by atoms with Gasteiger partial charge >= 0.3 is 0 Å². The van der Waals surface area contributed by atoms with Crippen molar-refractivity contribution in [1.29, 1.82) is 0 Å². The summed E-state index contributed by atoms with van der Waals surface area (Å²) in [5.41, 5.74) is 1.20. The van der Waals surface area contributed by atoms with Crippen LogP contribution in [0.15, 0.2) is 12.4 Å². The van der Waals surface area contributed by atoms with Crippen molar-refractivity contribution in [3.8, 4) is 0 Å². The van der Waals surface area contributed by atoms with Crippen LogP contribution < -0.4 is 5.32 Å². The number of nitrogens with one attached hydrogen (secondary N) is 1. The van der Waals surface area contributed by atoms with E-state index < -0.39 is 0 Å². The van der Waals surface area contributed by atoms with Gasteiger partial charge in [-0.05, 0) is 13.8 Å². The Bertz CT molecular complexity index is 272. The van der Waals surface area contributed by atoms with Gasteiger partial charge in [-0.2, -0.15) is 5.10 Å². The number of aromatic nitrogens is 2. The third-order valence-corrected chi connectivity index (χ3v) is 2.18. The molecule has 1 N–H and O–H groups in total. The fourth-order valence-electron chi connectivity index (χ4n) is 1.48. The second kappa shape index (κ2) is 5.12. The molecule has 1 heterocycles. The molecule has 1 aromatic heterocycles. The van der Waals surface area contributed by atoms with Gasteiger partial charge in [-0.15, -0.1) is 0 Å². The van der Waals surface area contributed by atoms with Crippen molar-refractivity contribution in [3.05, 3.63) is 18.0 Å². The molecule has 0 amide bonds. The Balaban J connectivity index is 2.45. The van der Waals surface area contributed by atoms with E-state index >= 15 is 0 Å². The molecule has 4 nitrogen and oxygen atoms in total. The fraction of sp³-hybridized carbons (Fsp3) is 0.700. The van der Waals surface area contributed by atoms with Gasteiger partial charge in [-0.1, -0.05) is 0 Å². The molecule has 4 heteroatoms. The number of methoxy groups -OCH3 is 1. The Morgan fingerprint density at radius 2 is 2.29 bits per heavy atom. The van der Waals surface area contributed by atoms with E-state index in [4.69, 9.17) is 4.74 Å². The van der Waals surface area contributed by atoms with Crippen LogP contribution in [0.5, 0.6) is 0 Å². The molecule has 0 aromatic carbocycles. The van der Waals surface area contributed by atoms with Gasteiger partial charge < -0.3 is 10.1 Å². The van der Waals surface area contributed by atoms with Crippen molar-refractivity contribution < 1.29 is 4.74 Å². The lowest BCUT2D eigenvalue weighted by molar-refractivity contribution is 0.167. The summed E-state index contributed by atoms with van der Waals surface area (Å²) in [6, 6.07) is 0.670. The molecule has 0 saturated heterocycles. The average Bonchev–Trinajstić information content (AvgIpc) is 2.52. The van der Waals surface area contributed by atoms with E-state index in [2.05, 4.69) is 24.3 Å². The molecule has 1 aromatic rings. The third-order valence-electron chi connectivity index (χ3n) is 2.18. The highest BCUT2D eigenvalue weighted by Gasteiger charge is 2.10. The maximum Gasteiger partial charge on any atom is 0.0613 e. The van der Waals surface area contributed by atoms with Crippen molar-refractivity contribution in [1.82, 2.24) is 15.1 Å².